The van der Waals surface area contributed by atoms with Gasteiger partial charge < -0.3 is 14.6 Å². The minimum atomic E-state index is -0.0585. The van der Waals surface area contributed by atoms with Crippen LogP contribution in [0.2, 0.25) is 0 Å². The molecule has 1 amide bonds. The molecule has 0 saturated carbocycles. The number of imidazole rings is 1. The van der Waals surface area contributed by atoms with Crippen LogP contribution in [0, 0.1) is 6.92 Å². The summed E-state index contributed by atoms with van der Waals surface area (Å²) >= 11 is 1.60. The summed E-state index contributed by atoms with van der Waals surface area (Å²) < 4.78 is 2.02. The Balaban J connectivity index is 1.45. The highest BCUT2D eigenvalue weighted by Gasteiger charge is 2.22. The van der Waals surface area contributed by atoms with E-state index in [0.717, 1.165) is 40.8 Å². The summed E-state index contributed by atoms with van der Waals surface area (Å²) in [5.41, 5.74) is 4.46. The van der Waals surface area contributed by atoms with E-state index in [1.807, 2.05) is 54.9 Å². The fourth-order valence-corrected chi connectivity index (χ4v) is 4.19. The molecule has 0 aliphatic rings. The van der Waals surface area contributed by atoms with Crippen LogP contribution in [0.5, 0.6) is 0 Å². The largest absolute Gasteiger partial charge is 0.340 e. The summed E-state index contributed by atoms with van der Waals surface area (Å²) in [6, 6.07) is 14.2. The number of H-pyrrole nitrogens is 1. The van der Waals surface area contributed by atoms with Gasteiger partial charge in [0.1, 0.15) is 12.0 Å². The molecule has 0 fully saturated rings. The zero-order valence-electron chi connectivity index (χ0n) is 18.3. The summed E-state index contributed by atoms with van der Waals surface area (Å²) in [4.78, 5) is 23.9. The third-order valence-corrected chi connectivity index (χ3v) is 6.15. The van der Waals surface area contributed by atoms with Crippen LogP contribution in [0.15, 0.2) is 60.1 Å². The summed E-state index contributed by atoms with van der Waals surface area (Å²) in [5.74, 6) is 0.780. The first-order valence-corrected chi connectivity index (χ1v) is 11.6. The molecular formula is C23H27N7OS. The van der Waals surface area contributed by atoms with E-state index in [2.05, 4.69) is 32.6 Å². The molecule has 3 aromatic heterocycles. The fraction of sp³-hybridized carbons (Fsp3) is 0.304. The molecule has 4 aromatic rings. The number of pyridine rings is 1. The summed E-state index contributed by atoms with van der Waals surface area (Å²) in [6.07, 6.45) is 4.28. The lowest BCUT2D eigenvalue weighted by Crippen LogP contribution is -2.30. The molecule has 0 bridgehead atoms. The molecule has 8 nitrogen and oxygen atoms in total. The Bertz CT molecular complexity index is 1160. The maximum absolute atomic E-state index is 13.3. The highest BCUT2D eigenvalue weighted by Crippen LogP contribution is 2.18. The van der Waals surface area contributed by atoms with Gasteiger partial charge in [0.25, 0.3) is 5.91 Å². The molecule has 0 atom stereocenters. The minimum absolute atomic E-state index is 0.0585. The van der Waals surface area contributed by atoms with E-state index in [9.17, 15) is 4.79 Å². The van der Waals surface area contributed by atoms with Gasteiger partial charge in [-0.25, -0.2) is 9.97 Å². The van der Waals surface area contributed by atoms with Crippen molar-refractivity contribution in [1.29, 1.82) is 0 Å². The number of carbonyl (C=O) groups excluding carboxylic acids is 1. The second-order valence-corrected chi connectivity index (χ2v) is 8.65. The molecule has 0 spiro atoms. The maximum Gasteiger partial charge on any atom is 0.274 e. The van der Waals surface area contributed by atoms with E-state index in [1.54, 1.807) is 16.7 Å². The number of aromatic nitrogens is 5. The smallest absolute Gasteiger partial charge is 0.274 e. The third kappa shape index (κ3) is 5.17. The molecule has 1 aromatic carbocycles. The Morgan fingerprint density at radius 1 is 1.22 bits per heavy atom. The quantitative estimate of drug-likeness (QED) is 0.286. The Hall–Kier alpha value is -3.17. The van der Waals surface area contributed by atoms with Crippen LogP contribution in [0.4, 0.5) is 0 Å². The maximum atomic E-state index is 13.3. The Kier molecular flexibility index (Phi) is 7.18. The van der Waals surface area contributed by atoms with Gasteiger partial charge >= 0.3 is 0 Å². The fourth-order valence-electron chi connectivity index (χ4n) is 3.51. The highest BCUT2D eigenvalue weighted by atomic mass is 32.2. The summed E-state index contributed by atoms with van der Waals surface area (Å²) in [5, 5.41) is 10.9. The molecule has 0 radical (unpaired) electrons. The van der Waals surface area contributed by atoms with Crippen LogP contribution in [0.25, 0.3) is 5.65 Å². The van der Waals surface area contributed by atoms with Crippen LogP contribution >= 0.6 is 11.8 Å². The molecule has 0 aliphatic carbocycles. The van der Waals surface area contributed by atoms with Gasteiger partial charge in [-0.3, -0.25) is 9.89 Å². The Morgan fingerprint density at radius 2 is 2.06 bits per heavy atom. The lowest BCUT2D eigenvalue weighted by Gasteiger charge is -2.17. The second kappa shape index (κ2) is 10.4. The summed E-state index contributed by atoms with van der Waals surface area (Å²) in [7, 11) is 1.84. The first-order valence-electron chi connectivity index (χ1n) is 10.6. The van der Waals surface area contributed by atoms with Gasteiger partial charge in [0.2, 0.25) is 0 Å². The lowest BCUT2D eigenvalue weighted by molar-refractivity contribution is 0.0790. The Labute approximate surface area is 191 Å². The lowest BCUT2D eigenvalue weighted by atomic mass is 10.1. The van der Waals surface area contributed by atoms with Crippen molar-refractivity contribution < 1.29 is 4.79 Å². The van der Waals surface area contributed by atoms with Gasteiger partial charge in [0.15, 0.2) is 10.9 Å². The van der Waals surface area contributed by atoms with Gasteiger partial charge in [-0.15, -0.1) is 0 Å². The second-order valence-electron chi connectivity index (χ2n) is 7.57. The number of benzene rings is 1. The topological polar surface area (TPSA) is 91.2 Å². The van der Waals surface area contributed by atoms with Crippen molar-refractivity contribution in [3.05, 3.63) is 77.5 Å². The van der Waals surface area contributed by atoms with Gasteiger partial charge in [-0.05, 0) is 30.5 Å². The predicted molar refractivity (Wildman–Crippen MR) is 126 cm³/mol. The van der Waals surface area contributed by atoms with Gasteiger partial charge in [-0.2, -0.15) is 5.10 Å². The van der Waals surface area contributed by atoms with Crippen molar-refractivity contribution in [2.75, 3.05) is 25.9 Å². The van der Waals surface area contributed by atoms with Crippen molar-refractivity contribution in [1.82, 2.24) is 34.8 Å². The van der Waals surface area contributed by atoms with E-state index < -0.39 is 0 Å². The molecule has 166 valence electrons. The number of aryl methyl sites for hydroxylation is 1. The van der Waals surface area contributed by atoms with E-state index in [0.29, 0.717) is 18.8 Å². The molecule has 9 heteroatoms. The van der Waals surface area contributed by atoms with Gasteiger partial charge in [0, 0.05) is 38.6 Å². The van der Waals surface area contributed by atoms with E-state index in [1.165, 1.54) is 11.9 Å². The first-order chi connectivity index (χ1) is 15.6. The average molecular weight is 450 g/mol. The van der Waals surface area contributed by atoms with Gasteiger partial charge in [-0.1, -0.05) is 48.2 Å². The molecule has 4 rings (SSSR count). The van der Waals surface area contributed by atoms with E-state index in [4.69, 9.17) is 4.98 Å². The summed E-state index contributed by atoms with van der Waals surface area (Å²) in [6.45, 7) is 3.97. The number of amides is 1. The Morgan fingerprint density at radius 3 is 2.84 bits per heavy atom. The van der Waals surface area contributed by atoms with Crippen molar-refractivity contribution in [3.8, 4) is 0 Å². The van der Waals surface area contributed by atoms with E-state index in [-0.39, 0.29) is 5.91 Å². The normalized spacial score (nSPS) is 11.2. The number of aromatic amines is 1. The van der Waals surface area contributed by atoms with Crippen LogP contribution in [-0.2, 0) is 13.0 Å². The molecule has 2 N–H and O–H groups in total. The van der Waals surface area contributed by atoms with Crippen LogP contribution in [0.3, 0.4) is 0 Å². The SMILES string of the molecule is Cc1cccn2c(CNCCSc3ncn[nH]3)c(C(=O)N(C)CCc3ccccc3)nc12. The number of hydrogen-bond acceptors (Lipinski definition) is 6. The number of rotatable bonds is 10. The molecule has 3 heterocycles. The average Bonchev–Trinajstić information content (AvgIpc) is 3.46. The zero-order chi connectivity index (χ0) is 22.3. The van der Waals surface area contributed by atoms with Crippen LogP contribution in [-0.4, -0.2) is 61.3 Å². The number of nitrogens with one attached hydrogen (secondary N) is 2. The number of nitrogens with zero attached hydrogens (tertiary/aromatic N) is 5. The number of carbonyl (C=O) groups is 1. The zero-order valence-corrected chi connectivity index (χ0v) is 19.1. The molecule has 32 heavy (non-hydrogen) atoms. The number of hydrogen-bond donors (Lipinski definition) is 2. The van der Waals surface area contributed by atoms with E-state index >= 15 is 0 Å². The van der Waals surface area contributed by atoms with Crippen molar-refractivity contribution >= 4 is 23.3 Å². The van der Waals surface area contributed by atoms with Crippen LogP contribution < -0.4 is 5.32 Å². The highest BCUT2D eigenvalue weighted by molar-refractivity contribution is 7.99. The third-order valence-electron chi connectivity index (χ3n) is 5.28. The predicted octanol–water partition coefficient (Wildman–Crippen LogP) is 2.96. The van der Waals surface area contributed by atoms with Gasteiger partial charge in [0.05, 0.1) is 5.69 Å². The van der Waals surface area contributed by atoms with Crippen molar-refractivity contribution in [2.45, 2.75) is 25.0 Å². The van der Waals surface area contributed by atoms with Crippen molar-refractivity contribution in [3.63, 3.8) is 0 Å². The monoisotopic (exact) mass is 449 g/mol. The number of fused-ring (bicyclic) bond motifs is 1. The van der Waals surface area contributed by atoms with Crippen LogP contribution in [0.1, 0.15) is 27.3 Å². The molecular weight excluding hydrogens is 422 g/mol. The minimum Gasteiger partial charge on any atom is -0.340 e. The molecule has 0 saturated heterocycles. The number of likely N-dealkylation sites (N-methyl/N-ethyl adjacent to an activating group) is 1. The van der Waals surface area contributed by atoms with Crippen molar-refractivity contribution in [2.24, 2.45) is 0 Å². The number of thioether (sulfide) groups is 1. The standard InChI is InChI=1S/C23H27N7OS/c1-17-7-6-12-30-19(15-24-11-14-32-23-25-16-26-28-23)20(27-21(17)30)22(31)29(2)13-10-18-8-4-3-5-9-18/h3-9,12,16,24H,10-11,13-15H2,1-2H3,(H,25,26,28). The molecule has 0 aliphatic heterocycles. The first kappa shape index (κ1) is 22.0. The molecule has 0 unspecified atom stereocenters.